The quantitative estimate of drug-likeness (QED) is 0.259. The summed E-state index contributed by atoms with van der Waals surface area (Å²) in [7, 11) is 0. The van der Waals surface area contributed by atoms with Crippen LogP contribution in [0.5, 0.6) is 0 Å². The number of benzene rings is 3. The molecule has 194 valence electrons. The fourth-order valence-corrected chi connectivity index (χ4v) is 4.71. The molecule has 3 aromatic carbocycles. The van der Waals surface area contributed by atoms with Crippen LogP contribution in [0.3, 0.4) is 0 Å². The van der Waals surface area contributed by atoms with Gasteiger partial charge in [0.15, 0.2) is 5.78 Å². The maximum Gasteiger partial charge on any atom is 0.255 e. The summed E-state index contributed by atoms with van der Waals surface area (Å²) in [5.74, 6) is 0.108. The van der Waals surface area contributed by atoms with E-state index in [2.05, 4.69) is 30.5 Å². The summed E-state index contributed by atoms with van der Waals surface area (Å²) in [5.41, 5.74) is 4.43. The van der Waals surface area contributed by atoms with Crippen molar-refractivity contribution in [3.8, 4) is 0 Å². The summed E-state index contributed by atoms with van der Waals surface area (Å²) in [6.45, 7) is 2.86. The molecule has 0 bridgehead atoms. The first-order chi connectivity index (χ1) is 19.2. The van der Waals surface area contributed by atoms with Crippen molar-refractivity contribution in [2.24, 2.45) is 0 Å². The van der Waals surface area contributed by atoms with Crippen molar-refractivity contribution in [3.63, 3.8) is 0 Å². The van der Waals surface area contributed by atoms with Gasteiger partial charge in [-0.3, -0.25) is 9.59 Å². The molecule has 0 atom stereocenters. The third-order valence-electron chi connectivity index (χ3n) is 6.64. The number of carbonyl (C=O) groups excluding carboxylic acids is 2. The van der Waals surface area contributed by atoms with E-state index in [0.29, 0.717) is 52.4 Å². The molecule has 0 aliphatic carbocycles. The molecular formula is C30H26N6O3. The Labute approximate surface area is 224 Å². The predicted octanol–water partition coefficient (Wildman–Crippen LogP) is 5.02. The fourth-order valence-electron chi connectivity index (χ4n) is 4.71. The second-order valence-electron chi connectivity index (χ2n) is 9.12. The number of morpholine rings is 1. The molecule has 0 unspecified atom stereocenters. The summed E-state index contributed by atoms with van der Waals surface area (Å²) in [4.78, 5) is 40.5. The minimum atomic E-state index is -0.228. The summed E-state index contributed by atoms with van der Waals surface area (Å²) in [6, 6.07) is 24.0. The Hall–Kier alpha value is -5.02. The number of para-hydroxylation sites is 2. The van der Waals surface area contributed by atoms with E-state index in [9.17, 15) is 9.59 Å². The van der Waals surface area contributed by atoms with Crippen LogP contribution in [0.1, 0.15) is 26.3 Å². The van der Waals surface area contributed by atoms with Gasteiger partial charge in [-0.25, -0.2) is 9.97 Å². The lowest BCUT2D eigenvalue weighted by molar-refractivity contribution is 0.102. The van der Waals surface area contributed by atoms with Gasteiger partial charge < -0.3 is 25.3 Å². The highest BCUT2D eigenvalue weighted by Crippen LogP contribution is 2.29. The Kier molecular flexibility index (Phi) is 6.71. The van der Waals surface area contributed by atoms with E-state index in [4.69, 9.17) is 4.74 Å². The van der Waals surface area contributed by atoms with Gasteiger partial charge in [0.25, 0.3) is 5.91 Å². The second kappa shape index (κ2) is 10.8. The number of nitrogens with zero attached hydrogens (tertiary/aromatic N) is 3. The third kappa shape index (κ3) is 5.07. The van der Waals surface area contributed by atoms with Crippen LogP contribution in [0.2, 0.25) is 0 Å². The van der Waals surface area contributed by atoms with E-state index in [1.807, 2.05) is 48.5 Å². The van der Waals surface area contributed by atoms with Gasteiger partial charge in [-0.15, -0.1) is 0 Å². The lowest BCUT2D eigenvalue weighted by Gasteiger charge is -2.30. The second-order valence-corrected chi connectivity index (χ2v) is 9.12. The van der Waals surface area contributed by atoms with Crippen molar-refractivity contribution in [1.29, 1.82) is 0 Å². The zero-order valence-electron chi connectivity index (χ0n) is 21.1. The van der Waals surface area contributed by atoms with Crippen molar-refractivity contribution in [2.75, 3.05) is 41.8 Å². The van der Waals surface area contributed by atoms with E-state index >= 15 is 0 Å². The largest absolute Gasteiger partial charge is 0.378 e. The summed E-state index contributed by atoms with van der Waals surface area (Å²) >= 11 is 0. The molecule has 1 amide bonds. The lowest BCUT2D eigenvalue weighted by Crippen LogP contribution is -2.36. The van der Waals surface area contributed by atoms with Gasteiger partial charge in [0.1, 0.15) is 17.8 Å². The number of nitrogens with one attached hydrogen (secondary N) is 3. The Bertz CT molecular complexity index is 1640. The van der Waals surface area contributed by atoms with Crippen molar-refractivity contribution in [3.05, 3.63) is 108 Å². The molecular weight excluding hydrogens is 492 g/mol. The number of rotatable bonds is 7. The summed E-state index contributed by atoms with van der Waals surface area (Å²) < 4.78 is 5.47. The highest BCUT2D eigenvalue weighted by molar-refractivity contribution is 6.18. The van der Waals surface area contributed by atoms with Crippen LogP contribution in [0, 0.1) is 0 Å². The molecule has 0 spiro atoms. The van der Waals surface area contributed by atoms with Crippen LogP contribution < -0.4 is 15.5 Å². The molecule has 1 saturated heterocycles. The Morgan fingerprint density at radius 1 is 0.872 bits per heavy atom. The molecule has 9 heteroatoms. The topological polar surface area (TPSA) is 112 Å². The van der Waals surface area contributed by atoms with Crippen LogP contribution in [0.15, 0.2) is 91.4 Å². The molecule has 2 aromatic heterocycles. The molecule has 9 nitrogen and oxygen atoms in total. The first-order valence-corrected chi connectivity index (χ1v) is 12.7. The number of anilines is 4. The van der Waals surface area contributed by atoms with Crippen molar-refractivity contribution >= 4 is 45.6 Å². The molecule has 39 heavy (non-hydrogen) atoms. The number of hydrogen-bond acceptors (Lipinski definition) is 7. The minimum absolute atomic E-state index is 0.133. The van der Waals surface area contributed by atoms with Crippen LogP contribution in [0.25, 0.3) is 11.0 Å². The van der Waals surface area contributed by atoms with Gasteiger partial charge in [-0.2, -0.15) is 0 Å². The molecule has 1 aliphatic heterocycles. The molecule has 0 radical (unpaired) electrons. The van der Waals surface area contributed by atoms with Gasteiger partial charge >= 0.3 is 0 Å². The summed E-state index contributed by atoms with van der Waals surface area (Å²) in [6.07, 6.45) is 3.08. The number of amides is 1. The maximum atomic E-state index is 13.3. The third-order valence-corrected chi connectivity index (χ3v) is 6.64. The van der Waals surface area contributed by atoms with Gasteiger partial charge in [-0.05, 0) is 30.3 Å². The van der Waals surface area contributed by atoms with E-state index < -0.39 is 0 Å². The average molecular weight is 519 g/mol. The highest BCUT2D eigenvalue weighted by Gasteiger charge is 2.20. The smallest absolute Gasteiger partial charge is 0.255 e. The van der Waals surface area contributed by atoms with Gasteiger partial charge in [0, 0.05) is 36.1 Å². The van der Waals surface area contributed by atoms with E-state index in [0.717, 1.165) is 24.5 Å². The Balaban J connectivity index is 1.26. The zero-order chi connectivity index (χ0) is 26.6. The molecule has 0 saturated carbocycles. The average Bonchev–Trinajstić information content (AvgIpc) is 3.43. The number of ether oxygens (including phenoxy) is 1. The number of fused-ring (bicyclic) bond motifs is 1. The summed E-state index contributed by atoms with van der Waals surface area (Å²) in [5, 5.41) is 6.92. The number of carbonyl (C=O) groups is 2. The predicted molar refractivity (Wildman–Crippen MR) is 151 cm³/mol. The van der Waals surface area contributed by atoms with Gasteiger partial charge in [0.05, 0.1) is 35.5 Å². The standard InChI is InChI=1S/C30H26N6O3/c37-27(20-7-2-1-3-8-20)23-18-31-28-26(23)29(33-19-32-28)34-22-10-6-9-21(17-22)30(38)35-24-11-4-5-12-25(24)36-13-15-39-16-14-36/h1-12,17-19H,13-16H2,(H,35,38)(H2,31,32,33,34). The first kappa shape index (κ1) is 24.3. The number of hydrogen-bond donors (Lipinski definition) is 3. The van der Waals surface area contributed by atoms with Crippen LogP contribution in [-0.4, -0.2) is 52.9 Å². The van der Waals surface area contributed by atoms with Crippen LogP contribution >= 0.6 is 0 Å². The lowest BCUT2D eigenvalue weighted by atomic mass is 10.0. The number of ketones is 1. The van der Waals surface area contributed by atoms with Gasteiger partial charge in [0.2, 0.25) is 0 Å². The van der Waals surface area contributed by atoms with Crippen molar-refractivity contribution < 1.29 is 14.3 Å². The molecule has 3 N–H and O–H groups in total. The van der Waals surface area contributed by atoms with Crippen molar-refractivity contribution in [1.82, 2.24) is 15.0 Å². The Morgan fingerprint density at radius 2 is 1.64 bits per heavy atom. The number of H-pyrrole nitrogens is 1. The Morgan fingerprint density at radius 3 is 2.49 bits per heavy atom. The minimum Gasteiger partial charge on any atom is -0.378 e. The van der Waals surface area contributed by atoms with E-state index in [1.54, 1.807) is 36.5 Å². The molecule has 3 heterocycles. The van der Waals surface area contributed by atoms with Gasteiger partial charge in [-0.1, -0.05) is 48.5 Å². The monoisotopic (exact) mass is 518 g/mol. The van der Waals surface area contributed by atoms with Crippen LogP contribution in [0.4, 0.5) is 22.9 Å². The van der Waals surface area contributed by atoms with E-state index in [-0.39, 0.29) is 11.7 Å². The first-order valence-electron chi connectivity index (χ1n) is 12.7. The number of aromatic nitrogens is 3. The van der Waals surface area contributed by atoms with Crippen LogP contribution in [-0.2, 0) is 4.74 Å². The maximum absolute atomic E-state index is 13.3. The normalized spacial score (nSPS) is 13.3. The zero-order valence-corrected chi connectivity index (χ0v) is 21.1. The SMILES string of the molecule is O=C(Nc1ccccc1N1CCOCC1)c1cccc(Nc2ncnc3[nH]cc(C(=O)c4ccccc4)c23)c1. The number of aromatic amines is 1. The molecule has 5 aromatic rings. The molecule has 6 rings (SSSR count). The molecule has 1 fully saturated rings. The molecule has 1 aliphatic rings. The highest BCUT2D eigenvalue weighted by atomic mass is 16.5. The van der Waals surface area contributed by atoms with Crippen molar-refractivity contribution in [2.45, 2.75) is 0 Å². The fraction of sp³-hybridized carbons (Fsp3) is 0.133. The van der Waals surface area contributed by atoms with E-state index in [1.165, 1.54) is 6.33 Å².